The minimum atomic E-state index is -0.537. The number of carbonyl (C=O) groups excluding carboxylic acids is 2. The van der Waals surface area contributed by atoms with Crippen molar-refractivity contribution in [2.24, 2.45) is 0 Å². The van der Waals surface area contributed by atoms with Crippen molar-refractivity contribution in [3.05, 3.63) is 71.3 Å². The molecule has 0 heterocycles. The van der Waals surface area contributed by atoms with Crippen LogP contribution >= 0.6 is 0 Å². The SMILES string of the molecule is CCCOC(=O)c1cccc(NC(=O)/C(C#N)=C/c2ccccc2)c1. The molecule has 0 aromatic heterocycles. The first-order valence-electron chi connectivity index (χ1n) is 7.89. The van der Waals surface area contributed by atoms with Crippen LogP contribution in [0.25, 0.3) is 6.08 Å². The van der Waals surface area contributed by atoms with Gasteiger partial charge in [0.05, 0.1) is 12.2 Å². The van der Waals surface area contributed by atoms with Crippen LogP contribution in [0.15, 0.2) is 60.2 Å². The number of ether oxygens (including phenoxy) is 1. The van der Waals surface area contributed by atoms with E-state index in [-0.39, 0.29) is 5.57 Å². The summed E-state index contributed by atoms with van der Waals surface area (Å²) in [5.41, 5.74) is 1.50. The van der Waals surface area contributed by atoms with Crippen molar-refractivity contribution < 1.29 is 14.3 Å². The molecule has 2 rings (SSSR count). The lowest BCUT2D eigenvalue weighted by Gasteiger charge is -2.07. The Bertz CT molecular complexity index is 820. The van der Waals surface area contributed by atoms with Crippen molar-refractivity contribution in [1.82, 2.24) is 0 Å². The monoisotopic (exact) mass is 334 g/mol. The Kier molecular flexibility index (Phi) is 6.49. The van der Waals surface area contributed by atoms with Gasteiger partial charge in [-0.3, -0.25) is 4.79 Å². The minimum Gasteiger partial charge on any atom is -0.462 e. The van der Waals surface area contributed by atoms with E-state index in [4.69, 9.17) is 4.74 Å². The molecular formula is C20H18N2O3. The fourth-order valence-electron chi connectivity index (χ4n) is 2.06. The van der Waals surface area contributed by atoms with Crippen molar-refractivity contribution in [2.45, 2.75) is 13.3 Å². The highest BCUT2D eigenvalue weighted by molar-refractivity contribution is 6.10. The molecule has 1 amide bonds. The number of rotatable bonds is 6. The van der Waals surface area contributed by atoms with Gasteiger partial charge in [-0.05, 0) is 36.3 Å². The first-order chi connectivity index (χ1) is 12.1. The molecule has 5 nitrogen and oxygen atoms in total. The van der Waals surface area contributed by atoms with Gasteiger partial charge in [0.15, 0.2) is 0 Å². The van der Waals surface area contributed by atoms with Crippen molar-refractivity contribution in [1.29, 1.82) is 5.26 Å². The van der Waals surface area contributed by atoms with E-state index < -0.39 is 11.9 Å². The summed E-state index contributed by atoms with van der Waals surface area (Å²) in [7, 11) is 0. The van der Waals surface area contributed by atoms with E-state index in [0.717, 1.165) is 12.0 Å². The lowest BCUT2D eigenvalue weighted by atomic mass is 10.1. The quantitative estimate of drug-likeness (QED) is 0.495. The third-order valence-corrected chi connectivity index (χ3v) is 3.27. The van der Waals surface area contributed by atoms with Gasteiger partial charge in [-0.1, -0.05) is 43.3 Å². The van der Waals surface area contributed by atoms with E-state index in [2.05, 4.69) is 5.32 Å². The number of hydrogen-bond acceptors (Lipinski definition) is 4. The minimum absolute atomic E-state index is 0.0230. The Morgan fingerprint density at radius 1 is 1.16 bits per heavy atom. The van der Waals surface area contributed by atoms with E-state index in [1.807, 2.05) is 31.2 Å². The maximum Gasteiger partial charge on any atom is 0.338 e. The first-order valence-corrected chi connectivity index (χ1v) is 7.89. The zero-order valence-corrected chi connectivity index (χ0v) is 13.9. The average Bonchev–Trinajstić information content (AvgIpc) is 2.65. The fraction of sp³-hybridized carbons (Fsp3) is 0.150. The standard InChI is InChI=1S/C20H18N2O3/c1-2-11-25-20(24)16-9-6-10-18(13-16)22-19(23)17(14-21)12-15-7-4-3-5-8-15/h3-10,12-13H,2,11H2,1H3,(H,22,23)/b17-12+. The molecule has 0 aliphatic heterocycles. The molecule has 0 aliphatic rings. The van der Waals surface area contributed by atoms with Crippen LogP contribution in [0.1, 0.15) is 29.3 Å². The smallest absolute Gasteiger partial charge is 0.338 e. The average molecular weight is 334 g/mol. The predicted molar refractivity (Wildman–Crippen MR) is 95.7 cm³/mol. The molecule has 0 unspecified atom stereocenters. The van der Waals surface area contributed by atoms with Crippen LogP contribution in [0.5, 0.6) is 0 Å². The van der Waals surface area contributed by atoms with Gasteiger partial charge in [0.2, 0.25) is 0 Å². The molecule has 0 atom stereocenters. The third-order valence-electron chi connectivity index (χ3n) is 3.27. The summed E-state index contributed by atoms with van der Waals surface area (Å²) < 4.78 is 5.07. The Morgan fingerprint density at radius 2 is 1.92 bits per heavy atom. The molecule has 0 saturated carbocycles. The second kappa shape index (κ2) is 9.04. The fourth-order valence-corrected chi connectivity index (χ4v) is 2.06. The number of nitrogens with one attached hydrogen (secondary N) is 1. The van der Waals surface area contributed by atoms with E-state index in [9.17, 15) is 14.9 Å². The van der Waals surface area contributed by atoms with Gasteiger partial charge in [-0.2, -0.15) is 5.26 Å². The van der Waals surface area contributed by atoms with Crippen LogP contribution in [0.2, 0.25) is 0 Å². The summed E-state index contributed by atoms with van der Waals surface area (Å²) in [6.07, 6.45) is 2.24. The number of amides is 1. The number of anilines is 1. The van der Waals surface area contributed by atoms with E-state index in [0.29, 0.717) is 17.9 Å². The van der Waals surface area contributed by atoms with Gasteiger partial charge in [-0.25, -0.2) is 4.79 Å². The first kappa shape index (κ1) is 18.0. The van der Waals surface area contributed by atoms with E-state index in [1.54, 1.807) is 30.3 Å². The lowest BCUT2D eigenvalue weighted by molar-refractivity contribution is -0.112. The molecule has 0 fully saturated rings. The van der Waals surface area contributed by atoms with Crippen LogP contribution in [0, 0.1) is 11.3 Å². The summed E-state index contributed by atoms with van der Waals surface area (Å²) in [6.45, 7) is 2.25. The molecule has 2 aromatic rings. The lowest BCUT2D eigenvalue weighted by Crippen LogP contribution is -2.14. The summed E-state index contributed by atoms with van der Waals surface area (Å²) >= 11 is 0. The Morgan fingerprint density at radius 3 is 2.60 bits per heavy atom. The topological polar surface area (TPSA) is 79.2 Å². The molecule has 0 bridgehead atoms. The van der Waals surface area contributed by atoms with Crippen LogP contribution in [0.3, 0.4) is 0 Å². The van der Waals surface area contributed by atoms with Crippen LogP contribution < -0.4 is 5.32 Å². The second-order valence-electron chi connectivity index (χ2n) is 5.25. The molecule has 0 saturated heterocycles. The largest absolute Gasteiger partial charge is 0.462 e. The van der Waals surface area contributed by atoms with Gasteiger partial charge in [-0.15, -0.1) is 0 Å². The molecule has 0 aliphatic carbocycles. The highest BCUT2D eigenvalue weighted by Gasteiger charge is 2.12. The third kappa shape index (κ3) is 5.33. The summed E-state index contributed by atoms with van der Waals surface area (Å²) in [5.74, 6) is -0.983. The van der Waals surface area contributed by atoms with Gasteiger partial charge in [0, 0.05) is 5.69 Å². The molecule has 5 heteroatoms. The number of nitriles is 1. The van der Waals surface area contributed by atoms with Gasteiger partial charge in [0.25, 0.3) is 5.91 Å². The van der Waals surface area contributed by atoms with E-state index in [1.165, 1.54) is 12.1 Å². The summed E-state index contributed by atoms with van der Waals surface area (Å²) in [6, 6.07) is 17.4. The van der Waals surface area contributed by atoms with E-state index >= 15 is 0 Å². The molecule has 0 spiro atoms. The maximum atomic E-state index is 12.3. The van der Waals surface area contributed by atoms with Crippen LogP contribution in [-0.4, -0.2) is 18.5 Å². The Balaban J connectivity index is 2.13. The van der Waals surface area contributed by atoms with Crippen molar-refractivity contribution in [2.75, 3.05) is 11.9 Å². The predicted octanol–water partition coefficient (Wildman–Crippen LogP) is 3.80. The van der Waals surface area contributed by atoms with Gasteiger partial charge >= 0.3 is 5.97 Å². The maximum absolute atomic E-state index is 12.3. The number of nitrogens with zero attached hydrogens (tertiary/aromatic N) is 1. The van der Waals surface area contributed by atoms with Crippen LogP contribution in [0.4, 0.5) is 5.69 Å². The Labute approximate surface area is 146 Å². The highest BCUT2D eigenvalue weighted by atomic mass is 16.5. The molecule has 1 N–H and O–H groups in total. The zero-order chi connectivity index (χ0) is 18.1. The van der Waals surface area contributed by atoms with Crippen LogP contribution in [-0.2, 0) is 9.53 Å². The normalized spacial score (nSPS) is 10.6. The number of carbonyl (C=O) groups is 2. The zero-order valence-electron chi connectivity index (χ0n) is 13.9. The highest BCUT2D eigenvalue weighted by Crippen LogP contribution is 2.14. The number of benzene rings is 2. The van der Waals surface area contributed by atoms with Crippen molar-refractivity contribution in [3.8, 4) is 6.07 Å². The molecule has 126 valence electrons. The van der Waals surface area contributed by atoms with Crippen molar-refractivity contribution in [3.63, 3.8) is 0 Å². The van der Waals surface area contributed by atoms with Gasteiger partial charge in [0.1, 0.15) is 11.6 Å². The number of hydrogen-bond donors (Lipinski definition) is 1. The molecule has 0 radical (unpaired) electrons. The van der Waals surface area contributed by atoms with Gasteiger partial charge < -0.3 is 10.1 Å². The number of esters is 1. The summed E-state index contributed by atoms with van der Waals surface area (Å²) in [5, 5.41) is 11.8. The molecular weight excluding hydrogens is 316 g/mol. The van der Waals surface area contributed by atoms with Crippen molar-refractivity contribution >= 4 is 23.6 Å². The molecule has 2 aromatic carbocycles. The Hall–Kier alpha value is -3.39. The second-order valence-corrected chi connectivity index (χ2v) is 5.25. The summed E-state index contributed by atoms with van der Waals surface area (Å²) in [4.78, 5) is 24.2. The molecule has 25 heavy (non-hydrogen) atoms.